The lowest BCUT2D eigenvalue weighted by Gasteiger charge is -2.26. The van der Waals surface area contributed by atoms with Crippen molar-refractivity contribution >= 4 is 114 Å². The van der Waals surface area contributed by atoms with Crippen molar-refractivity contribution in [2.24, 2.45) is 0 Å². The molecule has 0 N–H and O–H groups in total. The van der Waals surface area contributed by atoms with Gasteiger partial charge < -0.3 is 13.7 Å². The summed E-state index contributed by atoms with van der Waals surface area (Å²) in [7, 11) is 0. The van der Waals surface area contributed by atoms with E-state index in [1.807, 2.05) is 23.5 Å². The van der Waals surface area contributed by atoms with Crippen molar-refractivity contribution in [2.75, 3.05) is 4.90 Å². The minimum absolute atomic E-state index is 0.885. The fourth-order valence-electron chi connectivity index (χ4n) is 8.46. The molecule has 3 aromatic heterocycles. The van der Waals surface area contributed by atoms with Gasteiger partial charge in [-0.1, -0.05) is 103 Å². The molecule has 252 valence electrons. The first-order valence-corrected chi connectivity index (χ1v) is 19.1. The van der Waals surface area contributed by atoms with Gasteiger partial charge in [0.2, 0.25) is 0 Å². The third kappa shape index (κ3) is 4.41. The second-order valence-electron chi connectivity index (χ2n) is 14.1. The summed E-state index contributed by atoms with van der Waals surface area (Å²) in [6.07, 6.45) is 0. The summed E-state index contributed by atoms with van der Waals surface area (Å²) in [6, 6.07) is 63.1. The minimum atomic E-state index is 0.885. The van der Waals surface area contributed by atoms with Crippen molar-refractivity contribution < 1.29 is 8.83 Å². The summed E-state index contributed by atoms with van der Waals surface area (Å²) in [5.41, 5.74) is 9.30. The monoisotopic (exact) mass is 707 g/mol. The van der Waals surface area contributed by atoms with Crippen LogP contribution in [0.4, 0.5) is 17.1 Å². The molecule has 0 saturated carbocycles. The van der Waals surface area contributed by atoms with E-state index >= 15 is 0 Å². The van der Waals surface area contributed by atoms with Gasteiger partial charge in [-0.05, 0) is 100 Å². The Balaban J connectivity index is 1.04. The Bertz CT molecular complexity index is 3460. The Kier molecular flexibility index (Phi) is 6.21. The van der Waals surface area contributed by atoms with E-state index in [1.165, 1.54) is 52.8 Å². The van der Waals surface area contributed by atoms with Gasteiger partial charge in [-0.15, -0.1) is 11.3 Å². The number of rotatable bonds is 4. The van der Waals surface area contributed by atoms with Gasteiger partial charge in [0.15, 0.2) is 0 Å². The molecule has 0 atom stereocenters. The largest absolute Gasteiger partial charge is 0.456 e. The highest BCUT2D eigenvalue weighted by molar-refractivity contribution is 7.26. The predicted molar refractivity (Wildman–Crippen MR) is 229 cm³/mol. The number of thiophene rings is 1. The van der Waals surface area contributed by atoms with Gasteiger partial charge in [-0.3, -0.25) is 0 Å². The molecule has 0 bridgehead atoms. The first kappa shape index (κ1) is 29.7. The summed E-state index contributed by atoms with van der Waals surface area (Å²) < 4.78 is 15.3. The third-order valence-corrected chi connectivity index (χ3v) is 12.1. The zero-order valence-electron chi connectivity index (χ0n) is 28.9. The van der Waals surface area contributed by atoms with E-state index in [0.29, 0.717) is 0 Å². The molecule has 0 saturated heterocycles. The lowest BCUT2D eigenvalue weighted by molar-refractivity contribution is 0.669. The van der Waals surface area contributed by atoms with Crippen LogP contribution in [-0.2, 0) is 0 Å². The summed E-state index contributed by atoms with van der Waals surface area (Å²) in [6.45, 7) is 0. The topological polar surface area (TPSA) is 29.5 Å². The maximum absolute atomic E-state index is 6.58. The number of para-hydroxylation sites is 1. The van der Waals surface area contributed by atoms with Crippen LogP contribution < -0.4 is 4.90 Å². The van der Waals surface area contributed by atoms with Crippen LogP contribution in [0.3, 0.4) is 0 Å². The van der Waals surface area contributed by atoms with Crippen molar-refractivity contribution in [3.05, 3.63) is 176 Å². The molecule has 0 fully saturated rings. The van der Waals surface area contributed by atoms with Crippen LogP contribution in [0.25, 0.3) is 96.7 Å². The highest BCUT2D eigenvalue weighted by Gasteiger charge is 2.20. The zero-order valence-corrected chi connectivity index (χ0v) is 29.7. The zero-order chi connectivity index (χ0) is 35.3. The van der Waals surface area contributed by atoms with E-state index in [-0.39, 0.29) is 0 Å². The first-order chi connectivity index (χ1) is 26.7. The van der Waals surface area contributed by atoms with Gasteiger partial charge in [0, 0.05) is 64.2 Å². The molecule has 4 heteroatoms. The second kappa shape index (κ2) is 11.3. The van der Waals surface area contributed by atoms with Crippen LogP contribution in [0, 0.1) is 0 Å². The van der Waals surface area contributed by atoms with Crippen molar-refractivity contribution in [2.45, 2.75) is 0 Å². The summed E-state index contributed by atoms with van der Waals surface area (Å²) in [4.78, 5) is 2.37. The van der Waals surface area contributed by atoms with E-state index in [0.717, 1.165) is 60.9 Å². The van der Waals surface area contributed by atoms with Crippen LogP contribution in [0.15, 0.2) is 185 Å². The highest BCUT2D eigenvalue weighted by atomic mass is 32.1. The molecular formula is C50H29NO2S. The van der Waals surface area contributed by atoms with Gasteiger partial charge >= 0.3 is 0 Å². The number of fused-ring (bicyclic) bond motifs is 13. The Hall–Kier alpha value is -6.88. The molecule has 3 nitrogen and oxygen atoms in total. The molecule has 0 unspecified atom stereocenters. The van der Waals surface area contributed by atoms with Crippen molar-refractivity contribution in [3.63, 3.8) is 0 Å². The number of anilines is 3. The Morgan fingerprint density at radius 1 is 0.352 bits per heavy atom. The summed E-state index contributed by atoms with van der Waals surface area (Å²) in [5.74, 6) is 0. The number of benzene rings is 9. The Morgan fingerprint density at radius 3 is 1.93 bits per heavy atom. The molecule has 9 aromatic carbocycles. The van der Waals surface area contributed by atoms with Gasteiger partial charge in [0.05, 0.1) is 0 Å². The van der Waals surface area contributed by atoms with Crippen LogP contribution >= 0.6 is 11.3 Å². The average molecular weight is 708 g/mol. The molecule has 12 aromatic rings. The SMILES string of the molecule is c1ccc2cc(-c3ccc(N(c4ccc5c(c4)sc4ccc6oc7c8ccccc8ccc7c6c45)c4ccc5oc6ccccc6c5c4)cc3)ccc2c1. The molecule has 0 radical (unpaired) electrons. The molecule has 0 amide bonds. The fourth-order valence-corrected chi connectivity index (χ4v) is 9.61. The quantitative estimate of drug-likeness (QED) is 0.182. The van der Waals surface area contributed by atoms with Gasteiger partial charge in [-0.2, -0.15) is 0 Å². The van der Waals surface area contributed by atoms with Crippen LogP contribution in [0.2, 0.25) is 0 Å². The maximum Gasteiger partial charge on any atom is 0.143 e. The van der Waals surface area contributed by atoms with E-state index in [9.17, 15) is 0 Å². The Morgan fingerprint density at radius 2 is 1.02 bits per heavy atom. The van der Waals surface area contributed by atoms with E-state index in [1.54, 1.807) is 0 Å². The number of hydrogen-bond donors (Lipinski definition) is 0. The smallest absolute Gasteiger partial charge is 0.143 e. The van der Waals surface area contributed by atoms with Crippen LogP contribution in [0.1, 0.15) is 0 Å². The highest BCUT2D eigenvalue weighted by Crippen LogP contribution is 2.46. The fraction of sp³-hybridized carbons (Fsp3) is 0. The molecule has 3 heterocycles. The second-order valence-corrected chi connectivity index (χ2v) is 15.2. The number of nitrogens with zero attached hydrogens (tertiary/aromatic N) is 1. The number of hydrogen-bond acceptors (Lipinski definition) is 4. The van der Waals surface area contributed by atoms with Crippen molar-refractivity contribution in [1.82, 2.24) is 0 Å². The lowest BCUT2D eigenvalue weighted by atomic mass is 10.0. The normalized spacial score (nSPS) is 12.1. The molecule has 0 spiro atoms. The van der Waals surface area contributed by atoms with E-state index in [4.69, 9.17) is 8.83 Å². The molecule has 0 aliphatic heterocycles. The lowest BCUT2D eigenvalue weighted by Crippen LogP contribution is -2.09. The van der Waals surface area contributed by atoms with Crippen molar-refractivity contribution in [3.8, 4) is 11.1 Å². The number of furan rings is 2. The Labute approximate surface area is 313 Å². The van der Waals surface area contributed by atoms with Gasteiger partial charge in [0.25, 0.3) is 0 Å². The standard InChI is InChI=1S/C50H29NO2S/c1-2-9-33-27-34(14-13-30(33)7-1)31-15-18-35(19-16-31)51(36-21-24-44-42(28-36)39-11-5-6-12-43(39)52-44)37-20-23-40-47(29-37)54-46-26-25-45-48(49(40)46)41-22-17-32-8-3-4-10-38(32)50(41)53-45/h1-29H. The summed E-state index contributed by atoms with van der Waals surface area (Å²) in [5, 5.41) is 11.9. The molecule has 0 aliphatic carbocycles. The van der Waals surface area contributed by atoms with Gasteiger partial charge in [0.1, 0.15) is 22.3 Å². The third-order valence-electron chi connectivity index (χ3n) is 11.0. The predicted octanol–water partition coefficient (Wildman–Crippen LogP) is 15.3. The first-order valence-electron chi connectivity index (χ1n) is 18.2. The van der Waals surface area contributed by atoms with Gasteiger partial charge in [-0.25, -0.2) is 0 Å². The van der Waals surface area contributed by atoms with Crippen LogP contribution in [0.5, 0.6) is 0 Å². The maximum atomic E-state index is 6.58. The van der Waals surface area contributed by atoms with Crippen LogP contribution in [-0.4, -0.2) is 0 Å². The van der Waals surface area contributed by atoms with Crippen molar-refractivity contribution in [1.29, 1.82) is 0 Å². The molecule has 12 rings (SSSR count). The summed E-state index contributed by atoms with van der Waals surface area (Å²) >= 11 is 1.84. The molecule has 0 aliphatic rings. The minimum Gasteiger partial charge on any atom is -0.456 e. The molecular weight excluding hydrogens is 679 g/mol. The average Bonchev–Trinajstić information content (AvgIpc) is 3.92. The molecule has 54 heavy (non-hydrogen) atoms. The van der Waals surface area contributed by atoms with E-state index in [2.05, 4.69) is 169 Å². The van der Waals surface area contributed by atoms with E-state index < -0.39 is 0 Å².